The van der Waals surface area contributed by atoms with Crippen LogP contribution in [-0.2, 0) is 4.79 Å². The maximum Gasteiger partial charge on any atom is 0.237 e. The van der Waals surface area contributed by atoms with Crippen LogP contribution in [0.3, 0.4) is 0 Å². The van der Waals surface area contributed by atoms with Gasteiger partial charge in [-0.05, 0) is 24.2 Å². The van der Waals surface area contributed by atoms with E-state index in [1.165, 1.54) is 6.42 Å². The lowest BCUT2D eigenvalue weighted by molar-refractivity contribution is -0.128. The third-order valence-electron chi connectivity index (χ3n) is 3.71. The molecule has 1 heterocycles. The largest absolute Gasteiger partial charge is 0.326 e. The molecule has 2 unspecified atom stereocenters. The first-order valence-corrected chi connectivity index (χ1v) is 5.57. The van der Waals surface area contributed by atoms with Crippen LogP contribution in [0.15, 0.2) is 0 Å². The molecule has 1 aliphatic carbocycles. The van der Waals surface area contributed by atoms with Crippen LogP contribution in [0.1, 0.15) is 33.6 Å². The summed E-state index contributed by atoms with van der Waals surface area (Å²) < 4.78 is 0. The highest BCUT2D eigenvalue weighted by Gasteiger charge is 2.47. The zero-order valence-corrected chi connectivity index (χ0v) is 9.34. The lowest BCUT2D eigenvalue weighted by Gasteiger charge is -2.23. The van der Waals surface area contributed by atoms with Gasteiger partial charge in [-0.2, -0.15) is 0 Å². The number of carbonyl (C=O) groups excluding carboxylic acids is 1. The molecule has 0 aromatic rings. The van der Waals surface area contributed by atoms with Gasteiger partial charge in [0.25, 0.3) is 0 Å². The van der Waals surface area contributed by atoms with Gasteiger partial charge in [0, 0.05) is 6.54 Å². The molecule has 1 aliphatic heterocycles. The van der Waals surface area contributed by atoms with Crippen LogP contribution in [-0.4, -0.2) is 30.1 Å². The van der Waals surface area contributed by atoms with Crippen LogP contribution in [0.2, 0.25) is 0 Å². The highest BCUT2D eigenvalue weighted by Crippen LogP contribution is 2.52. The fourth-order valence-electron chi connectivity index (χ4n) is 2.31. The van der Waals surface area contributed by atoms with Crippen molar-refractivity contribution in [2.24, 2.45) is 11.3 Å². The summed E-state index contributed by atoms with van der Waals surface area (Å²) >= 11 is 0. The summed E-state index contributed by atoms with van der Waals surface area (Å²) in [5.74, 6) is 1.000. The van der Waals surface area contributed by atoms with Gasteiger partial charge in [0.1, 0.15) is 0 Å². The standard InChI is InChI=1S/C11H20N2O/c1-4-9-12-6-10(14)13(9)7-8-5-11(8,2)3/h8-9,12H,4-7H2,1-3H3. The smallest absolute Gasteiger partial charge is 0.237 e. The van der Waals surface area contributed by atoms with Crippen molar-refractivity contribution in [3.8, 4) is 0 Å². The van der Waals surface area contributed by atoms with Crippen LogP contribution in [0.5, 0.6) is 0 Å². The van der Waals surface area contributed by atoms with Crippen molar-refractivity contribution >= 4 is 5.91 Å². The van der Waals surface area contributed by atoms with Crippen LogP contribution in [0, 0.1) is 11.3 Å². The number of hydrogen-bond acceptors (Lipinski definition) is 2. The molecule has 2 rings (SSSR count). The first-order valence-electron chi connectivity index (χ1n) is 5.57. The van der Waals surface area contributed by atoms with Crippen molar-refractivity contribution in [1.29, 1.82) is 0 Å². The van der Waals surface area contributed by atoms with E-state index in [-0.39, 0.29) is 5.91 Å². The fourth-order valence-corrected chi connectivity index (χ4v) is 2.31. The quantitative estimate of drug-likeness (QED) is 0.735. The summed E-state index contributed by atoms with van der Waals surface area (Å²) in [5, 5.41) is 3.24. The van der Waals surface area contributed by atoms with Gasteiger partial charge in [-0.25, -0.2) is 0 Å². The molecule has 2 fully saturated rings. The molecule has 0 aromatic carbocycles. The Labute approximate surface area is 85.8 Å². The van der Waals surface area contributed by atoms with Crippen molar-refractivity contribution in [3.63, 3.8) is 0 Å². The molecule has 14 heavy (non-hydrogen) atoms. The molecular formula is C11H20N2O. The molecule has 3 nitrogen and oxygen atoms in total. The highest BCUT2D eigenvalue weighted by molar-refractivity contribution is 5.80. The number of carbonyl (C=O) groups is 1. The molecule has 0 bridgehead atoms. The lowest BCUT2D eigenvalue weighted by atomic mass is 10.1. The minimum atomic E-state index is 0.277. The summed E-state index contributed by atoms with van der Waals surface area (Å²) in [7, 11) is 0. The predicted octanol–water partition coefficient (Wildman–Crippen LogP) is 1.20. The van der Waals surface area contributed by atoms with Gasteiger partial charge in [0.2, 0.25) is 5.91 Å². The van der Waals surface area contributed by atoms with Gasteiger partial charge in [0.15, 0.2) is 0 Å². The van der Waals surface area contributed by atoms with Crippen molar-refractivity contribution in [3.05, 3.63) is 0 Å². The zero-order valence-electron chi connectivity index (χ0n) is 9.34. The van der Waals surface area contributed by atoms with E-state index in [1.54, 1.807) is 0 Å². The molecule has 0 radical (unpaired) electrons. The summed E-state index contributed by atoms with van der Waals surface area (Å²) in [4.78, 5) is 13.6. The van der Waals surface area contributed by atoms with Gasteiger partial charge in [-0.1, -0.05) is 20.8 Å². The number of nitrogens with zero attached hydrogens (tertiary/aromatic N) is 1. The second-order valence-corrected chi connectivity index (χ2v) is 5.24. The highest BCUT2D eigenvalue weighted by atomic mass is 16.2. The molecule has 1 amide bonds. The first-order chi connectivity index (χ1) is 6.54. The number of hydrogen-bond donors (Lipinski definition) is 1. The number of rotatable bonds is 3. The average Bonchev–Trinajstić information content (AvgIpc) is 2.54. The maximum atomic E-state index is 11.6. The van der Waals surface area contributed by atoms with Crippen molar-refractivity contribution in [2.45, 2.75) is 39.8 Å². The van der Waals surface area contributed by atoms with Crippen LogP contribution in [0.25, 0.3) is 0 Å². The Kier molecular flexibility index (Phi) is 2.30. The zero-order chi connectivity index (χ0) is 10.3. The van der Waals surface area contributed by atoms with Crippen molar-refractivity contribution in [2.75, 3.05) is 13.1 Å². The lowest BCUT2D eigenvalue weighted by Crippen LogP contribution is -2.38. The Morgan fingerprint density at radius 3 is 2.71 bits per heavy atom. The second-order valence-electron chi connectivity index (χ2n) is 5.24. The van der Waals surface area contributed by atoms with Gasteiger partial charge in [0.05, 0.1) is 12.7 Å². The third-order valence-corrected chi connectivity index (χ3v) is 3.71. The molecule has 0 aromatic heterocycles. The summed E-state index contributed by atoms with van der Waals surface area (Å²) in [6.45, 7) is 8.18. The molecule has 3 heteroatoms. The second kappa shape index (κ2) is 3.23. The van der Waals surface area contributed by atoms with E-state index in [0.29, 0.717) is 18.1 Å². The first kappa shape index (κ1) is 9.97. The SMILES string of the molecule is CCC1NCC(=O)N1CC1CC1(C)C. The maximum absolute atomic E-state index is 11.6. The topological polar surface area (TPSA) is 32.3 Å². The Bertz CT molecular complexity index is 250. The Morgan fingerprint density at radius 1 is 1.57 bits per heavy atom. The average molecular weight is 196 g/mol. The van der Waals surface area contributed by atoms with Gasteiger partial charge < -0.3 is 4.90 Å². The van der Waals surface area contributed by atoms with E-state index >= 15 is 0 Å². The summed E-state index contributed by atoms with van der Waals surface area (Å²) in [6, 6.07) is 0. The van der Waals surface area contributed by atoms with E-state index in [0.717, 1.165) is 18.9 Å². The minimum absolute atomic E-state index is 0.277. The van der Waals surface area contributed by atoms with E-state index in [2.05, 4.69) is 26.1 Å². The molecule has 1 saturated heterocycles. The molecule has 2 atom stereocenters. The van der Waals surface area contributed by atoms with E-state index in [9.17, 15) is 4.79 Å². The van der Waals surface area contributed by atoms with Crippen molar-refractivity contribution < 1.29 is 4.79 Å². The molecular weight excluding hydrogens is 176 g/mol. The summed E-state index contributed by atoms with van der Waals surface area (Å²) in [6.07, 6.45) is 2.57. The Balaban J connectivity index is 1.93. The molecule has 1 saturated carbocycles. The molecule has 0 spiro atoms. The van der Waals surface area contributed by atoms with Crippen LogP contribution < -0.4 is 5.32 Å². The number of nitrogens with one attached hydrogen (secondary N) is 1. The van der Waals surface area contributed by atoms with Gasteiger partial charge >= 0.3 is 0 Å². The van der Waals surface area contributed by atoms with E-state index in [1.807, 2.05) is 4.90 Å². The van der Waals surface area contributed by atoms with Crippen LogP contribution >= 0.6 is 0 Å². The van der Waals surface area contributed by atoms with Gasteiger partial charge in [-0.15, -0.1) is 0 Å². The fraction of sp³-hybridized carbons (Fsp3) is 0.909. The predicted molar refractivity (Wildman–Crippen MR) is 55.7 cm³/mol. The molecule has 80 valence electrons. The Morgan fingerprint density at radius 2 is 2.21 bits per heavy atom. The van der Waals surface area contributed by atoms with Crippen LogP contribution in [0.4, 0.5) is 0 Å². The summed E-state index contributed by atoms with van der Waals surface area (Å²) in [5.41, 5.74) is 0.473. The van der Waals surface area contributed by atoms with E-state index < -0.39 is 0 Å². The monoisotopic (exact) mass is 196 g/mol. The van der Waals surface area contributed by atoms with Crippen molar-refractivity contribution in [1.82, 2.24) is 10.2 Å². The Hall–Kier alpha value is -0.570. The molecule has 1 N–H and O–H groups in total. The normalized spacial score (nSPS) is 35.1. The minimum Gasteiger partial charge on any atom is -0.326 e. The molecule has 2 aliphatic rings. The number of amides is 1. The van der Waals surface area contributed by atoms with E-state index in [4.69, 9.17) is 0 Å². The van der Waals surface area contributed by atoms with Gasteiger partial charge in [-0.3, -0.25) is 10.1 Å². The third kappa shape index (κ3) is 1.65.